The van der Waals surface area contributed by atoms with E-state index >= 15 is 0 Å². The van der Waals surface area contributed by atoms with Crippen LogP contribution in [0.5, 0.6) is 0 Å². The van der Waals surface area contributed by atoms with E-state index in [1.807, 2.05) is 6.92 Å². The standard InChI is InChI=1S/C14H15BrFN3O2S/c1-3-4-5-8(2)14(21)22-12-6-9(13(20)18-19-17)11(16)7-10(12)15/h6-8H,3-5H2,1-2H3. The molecule has 8 heteroatoms. The average molecular weight is 388 g/mol. The minimum atomic E-state index is -1.01. The van der Waals surface area contributed by atoms with Crippen molar-refractivity contribution in [3.05, 3.63) is 38.4 Å². The number of benzene rings is 1. The van der Waals surface area contributed by atoms with E-state index in [9.17, 15) is 14.0 Å². The topological polar surface area (TPSA) is 82.9 Å². The second kappa shape index (κ2) is 8.92. The largest absolute Gasteiger partial charge is 0.287 e. The normalized spacial score (nSPS) is 11.6. The molecule has 0 aromatic heterocycles. The number of hydrogen-bond acceptors (Lipinski definition) is 3. The second-order valence-electron chi connectivity index (χ2n) is 4.72. The molecule has 0 bridgehead atoms. The minimum Gasteiger partial charge on any atom is -0.287 e. The Labute approximate surface area is 140 Å². The molecule has 0 N–H and O–H groups in total. The molecule has 0 aliphatic rings. The lowest BCUT2D eigenvalue weighted by Crippen LogP contribution is -2.07. The molecular formula is C14H15BrFN3O2S. The van der Waals surface area contributed by atoms with Crippen molar-refractivity contribution in [1.29, 1.82) is 0 Å². The quantitative estimate of drug-likeness (QED) is 0.280. The van der Waals surface area contributed by atoms with Gasteiger partial charge in [0.25, 0.3) is 5.91 Å². The van der Waals surface area contributed by atoms with E-state index < -0.39 is 11.7 Å². The van der Waals surface area contributed by atoms with E-state index in [1.165, 1.54) is 6.07 Å². The summed E-state index contributed by atoms with van der Waals surface area (Å²) >= 11 is 4.12. The Bertz CT molecular complexity index is 633. The summed E-state index contributed by atoms with van der Waals surface area (Å²) in [4.78, 5) is 26.4. The summed E-state index contributed by atoms with van der Waals surface area (Å²) in [5, 5.41) is 2.82. The monoisotopic (exact) mass is 387 g/mol. The van der Waals surface area contributed by atoms with Crippen LogP contribution in [0.2, 0.25) is 0 Å². The third-order valence-electron chi connectivity index (χ3n) is 2.99. The molecule has 118 valence electrons. The molecule has 0 aliphatic carbocycles. The fourth-order valence-corrected chi connectivity index (χ4v) is 3.13. The number of rotatable bonds is 6. The predicted molar refractivity (Wildman–Crippen MR) is 87.1 cm³/mol. The number of halogens is 2. The van der Waals surface area contributed by atoms with Crippen LogP contribution in [-0.2, 0) is 4.79 Å². The summed E-state index contributed by atoms with van der Waals surface area (Å²) in [7, 11) is 0. The Morgan fingerprint density at radius 1 is 1.50 bits per heavy atom. The van der Waals surface area contributed by atoms with Gasteiger partial charge in [-0.25, -0.2) is 4.39 Å². The molecule has 0 aliphatic heterocycles. The summed E-state index contributed by atoms with van der Waals surface area (Å²) in [6.45, 7) is 3.89. The van der Waals surface area contributed by atoms with Gasteiger partial charge in [-0.05, 0) is 45.1 Å². The maximum atomic E-state index is 13.7. The highest BCUT2D eigenvalue weighted by Crippen LogP contribution is 2.33. The summed E-state index contributed by atoms with van der Waals surface area (Å²) in [6, 6.07) is 2.32. The smallest absolute Gasteiger partial charge is 0.252 e. The zero-order valence-electron chi connectivity index (χ0n) is 12.2. The van der Waals surface area contributed by atoms with E-state index in [4.69, 9.17) is 5.53 Å². The molecule has 22 heavy (non-hydrogen) atoms. The Morgan fingerprint density at radius 3 is 2.77 bits per heavy atom. The summed E-state index contributed by atoms with van der Waals surface area (Å²) in [5.74, 6) is -1.95. The second-order valence-corrected chi connectivity index (χ2v) is 6.62. The predicted octanol–water partition coefficient (Wildman–Crippen LogP) is 5.48. The average Bonchev–Trinajstić information content (AvgIpc) is 2.47. The van der Waals surface area contributed by atoms with Crippen molar-refractivity contribution in [2.45, 2.75) is 38.0 Å². The highest BCUT2D eigenvalue weighted by Gasteiger charge is 2.19. The van der Waals surface area contributed by atoms with Crippen molar-refractivity contribution in [2.24, 2.45) is 11.0 Å². The molecule has 0 saturated carbocycles. The zero-order chi connectivity index (χ0) is 16.7. The first kappa shape index (κ1) is 18.7. The van der Waals surface area contributed by atoms with Crippen LogP contribution in [0.3, 0.4) is 0 Å². The molecule has 0 saturated heterocycles. The lowest BCUT2D eigenvalue weighted by atomic mass is 10.1. The van der Waals surface area contributed by atoms with Gasteiger partial charge in [0.05, 0.1) is 5.56 Å². The van der Waals surface area contributed by atoms with Crippen LogP contribution < -0.4 is 0 Å². The molecule has 0 heterocycles. The number of amides is 1. The van der Waals surface area contributed by atoms with E-state index in [1.54, 1.807) is 0 Å². The summed E-state index contributed by atoms with van der Waals surface area (Å²) in [5.41, 5.74) is 7.91. The molecule has 1 amide bonds. The highest BCUT2D eigenvalue weighted by molar-refractivity contribution is 9.10. The fourth-order valence-electron chi connectivity index (χ4n) is 1.70. The molecule has 5 nitrogen and oxygen atoms in total. The van der Waals surface area contributed by atoms with Crippen LogP contribution >= 0.6 is 27.7 Å². The molecule has 1 unspecified atom stereocenters. The van der Waals surface area contributed by atoms with Crippen LogP contribution in [0.4, 0.5) is 4.39 Å². The first-order valence-corrected chi connectivity index (χ1v) is 8.31. The lowest BCUT2D eigenvalue weighted by molar-refractivity contribution is -0.114. The number of carbonyl (C=O) groups is 2. The van der Waals surface area contributed by atoms with Crippen LogP contribution in [-0.4, -0.2) is 11.0 Å². The molecule has 1 rings (SSSR count). The SMILES string of the molecule is CCCCC(C)C(=O)Sc1cc(C(=O)N=[N+]=[N-])c(F)cc1Br. The lowest BCUT2D eigenvalue weighted by Gasteiger charge is -2.11. The molecule has 0 fully saturated rings. The fraction of sp³-hybridized carbons (Fsp3) is 0.429. The molecular weight excluding hydrogens is 373 g/mol. The van der Waals surface area contributed by atoms with Gasteiger partial charge in [-0.1, -0.05) is 38.5 Å². The van der Waals surface area contributed by atoms with Gasteiger partial charge >= 0.3 is 0 Å². The van der Waals surface area contributed by atoms with Crippen LogP contribution in [0.25, 0.3) is 10.4 Å². The van der Waals surface area contributed by atoms with E-state index in [2.05, 4.69) is 32.9 Å². The van der Waals surface area contributed by atoms with E-state index in [-0.39, 0.29) is 16.6 Å². The first-order chi connectivity index (χ1) is 10.4. The number of carbonyl (C=O) groups excluding carboxylic acids is 2. The van der Waals surface area contributed by atoms with Gasteiger partial charge < -0.3 is 0 Å². The number of hydrogen-bond donors (Lipinski definition) is 0. The van der Waals surface area contributed by atoms with Crippen molar-refractivity contribution in [1.82, 2.24) is 0 Å². The number of nitrogens with zero attached hydrogens (tertiary/aromatic N) is 3. The van der Waals surface area contributed by atoms with Gasteiger partial charge in [-0.15, -0.1) is 0 Å². The molecule has 0 radical (unpaired) electrons. The van der Waals surface area contributed by atoms with Crippen molar-refractivity contribution in [3.8, 4) is 0 Å². The van der Waals surface area contributed by atoms with Gasteiger partial charge in [0, 0.05) is 20.2 Å². The minimum absolute atomic E-state index is 0.0528. The van der Waals surface area contributed by atoms with Crippen molar-refractivity contribution in [3.63, 3.8) is 0 Å². The molecule has 1 atom stereocenters. The van der Waals surface area contributed by atoms with Crippen molar-refractivity contribution in [2.75, 3.05) is 0 Å². The highest BCUT2D eigenvalue weighted by atomic mass is 79.9. The Hall–Kier alpha value is -1.37. The third kappa shape index (κ3) is 5.12. The van der Waals surface area contributed by atoms with Crippen molar-refractivity contribution < 1.29 is 14.0 Å². The Kier molecular flexibility index (Phi) is 7.58. The van der Waals surface area contributed by atoms with Crippen LogP contribution in [0.1, 0.15) is 43.5 Å². The zero-order valence-corrected chi connectivity index (χ0v) is 14.6. The van der Waals surface area contributed by atoms with Gasteiger partial charge in [-0.3, -0.25) is 9.59 Å². The van der Waals surface area contributed by atoms with Gasteiger partial charge in [-0.2, -0.15) is 0 Å². The van der Waals surface area contributed by atoms with Crippen LogP contribution in [0, 0.1) is 11.7 Å². The molecule has 1 aromatic rings. The maximum absolute atomic E-state index is 13.7. The number of unbranched alkanes of at least 4 members (excludes halogenated alkanes) is 1. The number of thioether (sulfide) groups is 1. The van der Waals surface area contributed by atoms with Gasteiger partial charge in [0.2, 0.25) is 0 Å². The Morgan fingerprint density at radius 2 is 2.18 bits per heavy atom. The molecule has 0 spiro atoms. The maximum Gasteiger partial charge on any atom is 0.252 e. The van der Waals surface area contributed by atoms with E-state index in [0.29, 0.717) is 9.37 Å². The summed E-state index contributed by atoms with van der Waals surface area (Å²) < 4.78 is 14.1. The van der Waals surface area contributed by atoms with Gasteiger partial charge in [0.1, 0.15) is 5.82 Å². The molecule has 1 aromatic carbocycles. The third-order valence-corrected chi connectivity index (χ3v) is 5.07. The van der Waals surface area contributed by atoms with Gasteiger partial charge in [0.15, 0.2) is 5.12 Å². The summed E-state index contributed by atoms with van der Waals surface area (Å²) in [6.07, 6.45) is 2.75. The Balaban J connectivity index is 3.00. The van der Waals surface area contributed by atoms with Crippen LogP contribution in [0.15, 0.2) is 26.6 Å². The number of azide groups is 1. The van der Waals surface area contributed by atoms with E-state index in [0.717, 1.165) is 37.1 Å². The van der Waals surface area contributed by atoms with Crippen molar-refractivity contribution >= 4 is 38.7 Å². The first-order valence-electron chi connectivity index (χ1n) is 6.70.